The molecule has 0 amide bonds. The lowest BCUT2D eigenvalue weighted by molar-refractivity contribution is 0.330. The van der Waals surface area contributed by atoms with Crippen molar-refractivity contribution < 1.29 is 5.11 Å². The van der Waals surface area contributed by atoms with Crippen LogP contribution in [0.25, 0.3) is 0 Å². The third kappa shape index (κ3) is 3.99. The molecule has 0 aromatic heterocycles. The number of allylic oxidation sites excluding steroid dienone is 2. The summed E-state index contributed by atoms with van der Waals surface area (Å²) in [7, 11) is 0. The molecular formula is C10H18O. The lowest BCUT2D eigenvalue weighted by Crippen LogP contribution is -1.97. The van der Waals surface area contributed by atoms with Crippen molar-refractivity contribution in [3.8, 4) is 0 Å². The van der Waals surface area contributed by atoms with E-state index in [2.05, 4.69) is 19.6 Å². The van der Waals surface area contributed by atoms with Gasteiger partial charge in [0.15, 0.2) is 0 Å². The molecule has 0 aliphatic carbocycles. The predicted octanol–water partition coefficient (Wildman–Crippen LogP) is 2.53. The van der Waals surface area contributed by atoms with E-state index in [1.54, 1.807) is 0 Å². The Labute approximate surface area is 69.4 Å². The highest BCUT2D eigenvalue weighted by molar-refractivity contribution is 5.11. The molecule has 0 radical (unpaired) electrons. The summed E-state index contributed by atoms with van der Waals surface area (Å²) in [6.07, 6.45) is 3.15. The molecule has 0 aromatic rings. The van der Waals surface area contributed by atoms with Crippen molar-refractivity contribution in [3.05, 3.63) is 23.8 Å². The van der Waals surface area contributed by atoms with Crippen molar-refractivity contribution >= 4 is 0 Å². The van der Waals surface area contributed by atoms with Crippen molar-refractivity contribution in [3.63, 3.8) is 0 Å². The number of hydrogen-bond donors (Lipinski definition) is 1. The van der Waals surface area contributed by atoms with Gasteiger partial charge >= 0.3 is 0 Å². The van der Waals surface area contributed by atoms with Crippen LogP contribution in [0.15, 0.2) is 23.8 Å². The maximum absolute atomic E-state index is 8.76. The van der Waals surface area contributed by atoms with Gasteiger partial charge in [0.2, 0.25) is 0 Å². The van der Waals surface area contributed by atoms with Gasteiger partial charge in [-0.25, -0.2) is 0 Å². The van der Waals surface area contributed by atoms with Crippen LogP contribution in [0.3, 0.4) is 0 Å². The molecule has 1 unspecified atom stereocenters. The van der Waals surface area contributed by atoms with Gasteiger partial charge in [0.25, 0.3) is 0 Å². The molecule has 64 valence electrons. The Balaban J connectivity index is 4.17. The Morgan fingerprint density at radius 1 is 1.55 bits per heavy atom. The summed E-state index contributed by atoms with van der Waals surface area (Å²) in [6, 6.07) is 0. The summed E-state index contributed by atoms with van der Waals surface area (Å²) < 4.78 is 0. The highest BCUT2D eigenvalue weighted by Crippen LogP contribution is 2.15. The van der Waals surface area contributed by atoms with Crippen molar-refractivity contribution in [2.75, 3.05) is 6.61 Å². The molecular weight excluding hydrogens is 136 g/mol. The SMILES string of the molecule is C=C(C)C(C=C(C)CO)CC. The zero-order valence-corrected chi connectivity index (χ0v) is 7.72. The van der Waals surface area contributed by atoms with Crippen molar-refractivity contribution in [1.29, 1.82) is 0 Å². The fraction of sp³-hybridized carbons (Fsp3) is 0.600. The van der Waals surface area contributed by atoms with E-state index < -0.39 is 0 Å². The second-order valence-corrected chi connectivity index (χ2v) is 3.03. The number of rotatable bonds is 4. The van der Waals surface area contributed by atoms with Crippen LogP contribution in [0.5, 0.6) is 0 Å². The molecule has 0 bridgehead atoms. The maximum Gasteiger partial charge on any atom is 0.0639 e. The molecule has 0 saturated heterocycles. The number of aliphatic hydroxyl groups is 1. The molecule has 1 heteroatoms. The molecule has 0 heterocycles. The third-order valence-corrected chi connectivity index (χ3v) is 1.81. The van der Waals surface area contributed by atoms with Crippen LogP contribution >= 0.6 is 0 Å². The number of hydrogen-bond acceptors (Lipinski definition) is 1. The van der Waals surface area contributed by atoms with Crippen molar-refractivity contribution in [1.82, 2.24) is 0 Å². The molecule has 0 fully saturated rings. The highest BCUT2D eigenvalue weighted by atomic mass is 16.3. The Hall–Kier alpha value is -0.560. The van der Waals surface area contributed by atoms with E-state index in [1.807, 2.05) is 13.8 Å². The van der Waals surface area contributed by atoms with Gasteiger partial charge in [-0.1, -0.05) is 30.7 Å². The Kier molecular flexibility index (Phi) is 4.88. The van der Waals surface area contributed by atoms with Crippen molar-refractivity contribution in [2.24, 2.45) is 5.92 Å². The van der Waals surface area contributed by atoms with Crippen LogP contribution in [-0.4, -0.2) is 11.7 Å². The second kappa shape index (κ2) is 5.14. The Bertz CT molecular complexity index is 156. The molecule has 0 spiro atoms. The minimum absolute atomic E-state index is 0.157. The van der Waals surface area contributed by atoms with Crippen molar-refractivity contribution in [2.45, 2.75) is 27.2 Å². The van der Waals surface area contributed by atoms with E-state index in [1.165, 1.54) is 5.57 Å². The van der Waals surface area contributed by atoms with Crippen LogP contribution in [0.2, 0.25) is 0 Å². The van der Waals surface area contributed by atoms with Gasteiger partial charge in [-0.05, 0) is 26.2 Å². The molecule has 1 nitrogen and oxygen atoms in total. The van der Waals surface area contributed by atoms with Gasteiger partial charge in [0.05, 0.1) is 6.61 Å². The Morgan fingerprint density at radius 2 is 2.09 bits per heavy atom. The normalized spacial score (nSPS) is 14.7. The third-order valence-electron chi connectivity index (χ3n) is 1.81. The standard InChI is InChI=1S/C10H18O/c1-5-10(8(2)3)6-9(4)7-11/h6,10-11H,2,5,7H2,1,3-4H3. The zero-order valence-electron chi connectivity index (χ0n) is 7.72. The van der Waals surface area contributed by atoms with E-state index in [0.29, 0.717) is 5.92 Å². The minimum Gasteiger partial charge on any atom is -0.392 e. The fourth-order valence-electron chi connectivity index (χ4n) is 1.00. The highest BCUT2D eigenvalue weighted by Gasteiger charge is 2.02. The minimum atomic E-state index is 0.157. The topological polar surface area (TPSA) is 20.2 Å². The molecule has 0 aliphatic rings. The van der Waals surface area contributed by atoms with Crippen LogP contribution in [0.1, 0.15) is 27.2 Å². The van der Waals surface area contributed by atoms with E-state index in [-0.39, 0.29) is 6.61 Å². The summed E-state index contributed by atoms with van der Waals surface area (Å²) in [5.74, 6) is 0.433. The first-order valence-corrected chi connectivity index (χ1v) is 4.05. The van der Waals surface area contributed by atoms with Gasteiger partial charge in [0, 0.05) is 0 Å². The molecule has 0 aromatic carbocycles. The van der Waals surface area contributed by atoms with E-state index in [9.17, 15) is 0 Å². The Morgan fingerprint density at radius 3 is 2.36 bits per heavy atom. The summed E-state index contributed by atoms with van der Waals surface area (Å²) in [4.78, 5) is 0. The van der Waals surface area contributed by atoms with Gasteiger partial charge in [-0.2, -0.15) is 0 Å². The lowest BCUT2D eigenvalue weighted by atomic mass is 9.97. The van der Waals surface area contributed by atoms with Gasteiger partial charge < -0.3 is 5.11 Å². The molecule has 1 N–H and O–H groups in total. The zero-order chi connectivity index (χ0) is 8.85. The summed E-state index contributed by atoms with van der Waals surface area (Å²) in [5.41, 5.74) is 2.19. The van der Waals surface area contributed by atoms with Gasteiger partial charge in [-0.15, -0.1) is 0 Å². The summed E-state index contributed by atoms with van der Waals surface area (Å²) in [6.45, 7) is 10.1. The first kappa shape index (κ1) is 10.4. The summed E-state index contributed by atoms with van der Waals surface area (Å²) >= 11 is 0. The first-order chi connectivity index (χ1) is 5.11. The van der Waals surface area contributed by atoms with Crippen LogP contribution < -0.4 is 0 Å². The average Bonchev–Trinajstić information content (AvgIpc) is 1.99. The molecule has 0 rings (SSSR count). The van der Waals surface area contributed by atoms with Gasteiger partial charge in [0.1, 0.15) is 0 Å². The largest absolute Gasteiger partial charge is 0.392 e. The number of aliphatic hydroxyl groups excluding tert-OH is 1. The quantitative estimate of drug-likeness (QED) is 0.617. The fourth-order valence-corrected chi connectivity index (χ4v) is 1.00. The monoisotopic (exact) mass is 154 g/mol. The summed E-state index contributed by atoms with van der Waals surface area (Å²) in [5, 5.41) is 8.76. The smallest absolute Gasteiger partial charge is 0.0639 e. The van der Waals surface area contributed by atoms with Crippen LogP contribution in [0, 0.1) is 5.92 Å². The van der Waals surface area contributed by atoms with Crippen LogP contribution in [-0.2, 0) is 0 Å². The maximum atomic E-state index is 8.76. The van der Waals surface area contributed by atoms with Gasteiger partial charge in [-0.3, -0.25) is 0 Å². The molecule has 1 atom stereocenters. The molecule has 0 saturated carbocycles. The molecule has 0 aliphatic heterocycles. The van der Waals surface area contributed by atoms with E-state index >= 15 is 0 Å². The molecule has 11 heavy (non-hydrogen) atoms. The van der Waals surface area contributed by atoms with Crippen LogP contribution in [0.4, 0.5) is 0 Å². The first-order valence-electron chi connectivity index (χ1n) is 4.05. The average molecular weight is 154 g/mol. The lowest BCUT2D eigenvalue weighted by Gasteiger charge is -2.10. The van der Waals surface area contributed by atoms with E-state index in [4.69, 9.17) is 5.11 Å². The predicted molar refractivity (Wildman–Crippen MR) is 49.4 cm³/mol. The van der Waals surface area contributed by atoms with E-state index in [0.717, 1.165) is 12.0 Å². The second-order valence-electron chi connectivity index (χ2n) is 3.03.